The third-order valence-electron chi connectivity index (χ3n) is 5.36. The number of anilines is 2. The van der Waals surface area contributed by atoms with Gasteiger partial charge in [0.05, 0.1) is 12.8 Å². The van der Waals surface area contributed by atoms with E-state index in [1.807, 2.05) is 11.9 Å². The molecule has 1 saturated heterocycles. The summed E-state index contributed by atoms with van der Waals surface area (Å²) in [5.41, 5.74) is 1.45. The van der Waals surface area contributed by atoms with Crippen LogP contribution in [0.3, 0.4) is 0 Å². The van der Waals surface area contributed by atoms with Crippen LogP contribution < -0.4 is 9.80 Å². The fourth-order valence-electron chi connectivity index (χ4n) is 3.33. The fourth-order valence-corrected chi connectivity index (χ4v) is 3.99. The Bertz CT molecular complexity index is 825. The molecule has 0 spiro atoms. The molecule has 0 bridgehead atoms. The van der Waals surface area contributed by atoms with Gasteiger partial charge in [0.2, 0.25) is 21.8 Å². The molecule has 1 fully saturated rings. The Labute approximate surface area is 174 Å². The number of amides is 2. The first kappa shape index (κ1) is 23.3. The van der Waals surface area contributed by atoms with Gasteiger partial charge in [0.1, 0.15) is 6.04 Å². The Morgan fingerprint density at radius 1 is 1.17 bits per heavy atom. The topological polar surface area (TPSA) is 81.2 Å². The molecule has 162 valence electrons. The minimum absolute atomic E-state index is 0.00319. The molecule has 1 aliphatic rings. The van der Waals surface area contributed by atoms with E-state index in [4.69, 9.17) is 0 Å². The van der Waals surface area contributed by atoms with Crippen LogP contribution in [0.2, 0.25) is 0 Å². The molecule has 8 nitrogen and oxygen atoms in total. The van der Waals surface area contributed by atoms with Crippen LogP contribution in [-0.2, 0) is 19.6 Å². The van der Waals surface area contributed by atoms with E-state index < -0.39 is 16.1 Å². The van der Waals surface area contributed by atoms with E-state index in [0.29, 0.717) is 25.2 Å². The maximum atomic E-state index is 12.7. The summed E-state index contributed by atoms with van der Waals surface area (Å²) < 4.78 is 24.6. The lowest BCUT2D eigenvalue weighted by Gasteiger charge is -2.24. The van der Waals surface area contributed by atoms with E-state index >= 15 is 0 Å². The van der Waals surface area contributed by atoms with Crippen molar-refractivity contribution in [1.82, 2.24) is 9.21 Å². The Kier molecular flexibility index (Phi) is 7.79. The van der Waals surface area contributed by atoms with E-state index in [2.05, 4.69) is 6.92 Å². The zero-order chi connectivity index (χ0) is 21.8. The zero-order valence-electron chi connectivity index (χ0n) is 18.0. The maximum Gasteiger partial charge on any atom is 0.245 e. The molecule has 0 N–H and O–H groups in total. The van der Waals surface area contributed by atoms with E-state index in [1.54, 1.807) is 41.1 Å². The molecule has 0 radical (unpaired) electrons. The highest BCUT2D eigenvalue weighted by molar-refractivity contribution is 7.88. The highest BCUT2D eigenvalue weighted by Crippen LogP contribution is 2.27. The van der Waals surface area contributed by atoms with Gasteiger partial charge in [0.25, 0.3) is 0 Å². The van der Waals surface area contributed by atoms with Crippen molar-refractivity contribution in [2.24, 2.45) is 0 Å². The number of carbonyl (C=O) groups is 2. The van der Waals surface area contributed by atoms with Gasteiger partial charge < -0.3 is 9.80 Å². The van der Waals surface area contributed by atoms with Crippen LogP contribution in [0.4, 0.5) is 11.4 Å². The van der Waals surface area contributed by atoms with Crippen molar-refractivity contribution >= 4 is 33.2 Å². The van der Waals surface area contributed by atoms with Gasteiger partial charge in [0, 0.05) is 32.0 Å². The quantitative estimate of drug-likeness (QED) is 0.598. The smallest absolute Gasteiger partial charge is 0.245 e. The summed E-state index contributed by atoms with van der Waals surface area (Å²) in [5.74, 6) is -0.226. The Hall–Kier alpha value is -1.97. The summed E-state index contributed by atoms with van der Waals surface area (Å²) in [6, 6.07) is 6.52. The van der Waals surface area contributed by atoms with E-state index in [1.165, 1.54) is 7.05 Å². The minimum atomic E-state index is -3.43. The predicted molar refractivity (Wildman–Crippen MR) is 116 cm³/mol. The van der Waals surface area contributed by atoms with Crippen molar-refractivity contribution < 1.29 is 18.0 Å². The Morgan fingerprint density at radius 3 is 2.34 bits per heavy atom. The first-order chi connectivity index (χ1) is 13.6. The van der Waals surface area contributed by atoms with Gasteiger partial charge in [0.15, 0.2) is 0 Å². The van der Waals surface area contributed by atoms with E-state index in [-0.39, 0.29) is 11.8 Å². The van der Waals surface area contributed by atoms with Crippen LogP contribution in [0.1, 0.15) is 26.2 Å². The van der Waals surface area contributed by atoms with Gasteiger partial charge in [-0.05, 0) is 50.7 Å². The van der Waals surface area contributed by atoms with Crippen molar-refractivity contribution in [3.8, 4) is 0 Å². The van der Waals surface area contributed by atoms with Crippen molar-refractivity contribution in [2.45, 2.75) is 32.2 Å². The van der Waals surface area contributed by atoms with Gasteiger partial charge in [-0.1, -0.05) is 13.3 Å². The number of rotatable bonds is 9. The molecule has 1 atom stereocenters. The Morgan fingerprint density at radius 2 is 1.79 bits per heavy atom. The largest absolute Gasteiger partial charge is 0.314 e. The molecular weight excluding hydrogens is 392 g/mol. The lowest BCUT2D eigenvalue weighted by atomic mass is 10.2. The number of unbranched alkanes of at least 4 members (excludes halogenated alkanes) is 1. The number of likely N-dealkylation sites (N-methyl/N-ethyl adjacent to an activating group) is 3. The molecule has 1 unspecified atom stereocenters. The highest BCUT2D eigenvalue weighted by atomic mass is 32.2. The SMILES string of the molecule is CCCCN(C)CC(=O)N(C)c1ccc(N2CCC(N(C)S(C)(=O)=O)C2=O)cc1. The fraction of sp³-hybridized carbons (Fsp3) is 0.600. The minimum Gasteiger partial charge on any atom is -0.314 e. The molecule has 1 aliphatic heterocycles. The van der Waals surface area contributed by atoms with E-state index in [0.717, 1.165) is 35.6 Å². The number of hydrogen-bond acceptors (Lipinski definition) is 5. The molecule has 1 aromatic carbocycles. The molecular formula is C20H32N4O4S. The van der Waals surface area contributed by atoms with Gasteiger partial charge >= 0.3 is 0 Å². The molecule has 1 heterocycles. The summed E-state index contributed by atoms with van der Waals surface area (Å²) in [7, 11) is 1.68. The number of nitrogens with zero attached hydrogens (tertiary/aromatic N) is 4. The second-order valence-electron chi connectivity index (χ2n) is 7.63. The number of carbonyl (C=O) groups excluding carboxylic acids is 2. The molecule has 0 aliphatic carbocycles. The molecule has 29 heavy (non-hydrogen) atoms. The second kappa shape index (κ2) is 9.69. The van der Waals surface area contributed by atoms with Crippen LogP contribution in [-0.4, -0.2) is 82.5 Å². The van der Waals surface area contributed by atoms with Crippen LogP contribution in [0.25, 0.3) is 0 Å². The summed E-state index contributed by atoms with van der Waals surface area (Å²) in [5, 5.41) is 0. The normalized spacial score (nSPS) is 17.4. The lowest BCUT2D eigenvalue weighted by Crippen LogP contribution is -2.42. The van der Waals surface area contributed by atoms with Crippen molar-refractivity contribution in [3.63, 3.8) is 0 Å². The summed E-state index contributed by atoms with van der Waals surface area (Å²) >= 11 is 0. The van der Waals surface area contributed by atoms with Crippen LogP contribution in [0.15, 0.2) is 24.3 Å². The summed E-state index contributed by atoms with van der Waals surface area (Å²) in [4.78, 5) is 30.4. The van der Waals surface area contributed by atoms with Crippen molar-refractivity contribution in [1.29, 1.82) is 0 Å². The van der Waals surface area contributed by atoms with Crippen LogP contribution >= 0.6 is 0 Å². The second-order valence-corrected chi connectivity index (χ2v) is 9.68. The van der Waals surface area contributed by atoms with Gasteiger partial charge in [-0.2, -0.15) is 4.31 Å². The molecule has 2 amide bonds. The third kappa shape index (κ3) is 5.77. The average Bonchev–Trinajstić information content (AvgIpc) is 3.05. The van der Waals surface area contributed by atoms with Gasteiger partial charge in [-0.25, -0.2) is 8.42 Å². The van der Waals surface area contributed by atoms with Gasteiger partial charge in [-0.15, -0.1) is 0 Å². The zero-order valence-corrected chi connectivity index (χ0v) is 18.8. The molecule has 2 rings (SSSR count). The Balaban J connectivity index is 2.03. The van der Waals surface area contributed by atoms with Gasteiger partial charge in [-0.3, -0.25) is 14.5 Å². The molecule has 0 aromatic heterocycles. The summed E-state index contributed by atoms with van der Waals surface area (Å²) in [6.45, 7) is 3.81. The third-order valence-corrected chi connectivity index (χ3v) is 6.66. The van der Waals surface area contributed by atoms with Crippen molar-refractivity contribution in [2.75, 3.05) is 56.8 Å². The average molecular weight is 425 g/mol. The predicted octanol–water partition coefficient (Wildman–Crippen LogP) is 1.38. The summed E-state index contributed by atoms with van der Waals surface area (Å²) in [6.07, 6.45) is 3.70. The number of sulfonamides is 1. The number of hydrogen-bond donors (Lipinski definition) is 0. The molecule has 0 saturated carbocycles. The first-order valence-corrected chi connectivity index (χ1v) is 11.7. The van der Waals surface area contributed by atoms with Crippen molar-refractivity contribution in [3.05, 3.63) is 24.3 Å². The molecule has 1 aromatic rings. The first-order valence-electron chi connectivity index (χ1n) is 9.85. The van der Waals surface area contributed by atoms with Crippen LogP contribution in [0, 0.1) is 0 Å². The lowest BCUT2D eigenvalue weighted by molar-refractivity contribution is -0.120. The standard InChI is InChI=1S/C20H32N4O4S/c1-6-7-13-21(2)15-19(25)22(3)16-8-10-17(11-9-16)24-14-12-18(20(24)26)23(4)29(5,27)28/h8-11,18H,6-7,12-15H2,1-5H3. The van der Waals surface area contributed by atoms with E-state index in [9.17, 15) is 18.0 Å². The number of benzene rings is 1. The van der Waals surface area contributed by atoms with Crippen LogP contribution in [0.5, 0.6) is 0 Å². The molecule has 9 heteroatoms. The highest BCUT2D eigenvalue weighted by Gasteiger charge is 2.38. The maximum absolute atomic E-state index is 12.7. The monoisotopic (exact) mass is 424 g/mol.